The summed E-state index contributed by atoms with van der Waals surface area (Å²) in [6.45, 7) is 2.32. The summed E-state index contributed by atoms with van der Waals surface area (Å²) < 4.78 is 0. The number of nitrogens with one attached hydrogen (secondary N) is 2. The van der Waals surface area contributed by atoms with Crippen molar-refractivity contribution >= 4 is 29.0 Å². The molecule has 1 amide bonds. The molecule has 0 atom stereocenters. The number of anilines is 2. The van der Waals surface area contributed by atoms with Crippen molar-refractivity contribution < 1.29 is 4.79 Å². The molecule has 0 saturated heterocycles. The average molecular weight is 354 g/mol. The lowest BCUT2D eigenvalue weighted by Crippen LogP contribution is -2.24. The molecule has 25 heavy (non-hydrogen) atoms. The van der Waals surface area contributed by atoms with Crippen molar-refractivity contribution in [2.24, 2.45) is 0 Å². The lowest BCUT2D eigenvalue weighted by Gasteiger charge is -2.10. The van der Waals surface area contributed by atoms with Gasteiger partial charge in [-0.15, -0.1) is 10.2 Å². The van der Waals surface area contributed by atoms with Gasteiger partial charge in [0.15, 0.2) is 11.5 Å². The molecule has 0 saturated carbocycles. The predicted molar refractivity (Wildman–Crippen MR) is 96.9 cm³/mol. The minimum atomic E-state index is -0.283. The van der Waals surface area contributed by atoms with Crippen molar-refractivity contribution in [2.75, 3.05) is 5.32 Å². The molecule has 6 nitrogen and oxygen atoms in total. The number of carbonyl (C=O) groups is 1. The zero-order chi connectivity index (χ0) is 17.6. The number of nitrogens with zero attached hydrogens (tertiary/aromatic N) is 3. The summed E-state index contributed by atoms with van der Waals surface area (Å²) in [6.07, 6.45) is 3.36. The van der Waals surface area contributed by atoms with E-state index in [-0.39, 0.29) is 11.6 Å². The first-order chi connectivity index (χ1) is 12.1. The van der Waals surface area contributed by atoms with E-state index in [2.05, 4.69) is 25.8 Å². The maximum atomic E-state index is 12.1. The van der Waals surface area contributed by atoms with Gasteiger partial charge in [-0.25, -0.2) is 0 Å². The minimum Gasteiger partial charge on any atom is -0.347 e. The molecule has 1 aromatic carbocycles. The van der Waals surface area contributed by atoms with Crippen LogP contribution in [0.5, 0.6) is 0 Å². The highest BCUT2D eigenvalue weighted by atomic mass is 35.5. The zero-order valence-electron chi connectivity index (χ0n) is 13.5. The van der Waals surface area contributed by atoms with Gasteiger partial charge in [-0.1, -0.05) is 17.7 Å². The molecule has 0 bridgehead atoms. The largest absolute Gasteiger partial charge is 0.347 e. The van der Waals surface area contributed by atoms with Gasteiger partial charge in [-0.2, -0.15) is 0 Å². The Hall–Kier alpha value is -2.99. The van der Waals surface area contributed by atoms with Crippen LogP contribution < -0.4 is 10.6 Å². The molecule has 126 valence electrons. The Bertz CT molecular complexity index is 868. The summed E-state index contributed by atoms with van der Waals surface area (Å²) in [4.78, 5) is 16.1. The average Bonchev–Trinajstić information content (AvgIpc) is 2.65. The van der Waals surface area contributed by atoms with Gasteiger partial charge in [0.05, 0.1) is 0 Å². The number of amides is 1. The van der Waals surface area contributed by atoms with E-state index in [0.717, 1.165) is 16.8 Å². The molecule has 0 fully saturated rings. The van der Waals surface area contributed by atoms with Crippen LogP contribution in [0, 0.1) is 6.92 Å². The Morgan fingerprint density at radius 2 is 1.88 bits per heavy atom. The molecule has 2 N–H and O–H groups in total. The summed E-state index contributed by atoms with van der Waals surface area (Å²) in [5, 5.41) is 14.6. The third-order valence-electron chi connectivity index (χ3n) is 3.63. The summed E-state index contributed by atoms with van der Waals surface area (Å²) in [7, 11) is 0. The first-order valence-electron chi connectivity index (χ1n) is 7.66. The van der Waals surface area contributed by atoms with Crippen molar-refractivity contribution in [3.8, 4) is 0 Å². The first kappa shape index (κ1) is 16.9. The van der Waals surface area contributed by atoms with Crippen LogP contribution in [0.2, 0.25) is 5.02 Å². The highest BCUT2D eigenvalue weighted by Crippen LogP contribution is 2.25. The van der Waals surface area contributed by atoms with Crippen LogP contribution >= 0.6 is 11.6 Å². The van der Waals surface area contributed by atoms with Crippen LogP contribution in [0.3, 0.4) is 0 Å². The normalized spacial score (nSPS) is 10.3. The van der Waals surface area contributed by atoms with Crippen LogP contribution in [0.15, 0.2) is 54.9 Å². The number of rotatable bonds is 5. The van der Waals surface area contributed by atoms with Crippen LogP contribution in [-0.2, 0) is 6.54 Å². The fourth-order valence-corrected chi connectivity index (χ4v) is 2.35. The molecule has 0 radical (unpaired) electrons. The summed E-state index contributed by atoms with van der Waals surface area (Å²) in [5.74, 6) is 0.255. The molecule has 3 rings (SSSR count). The lowest BCUT2D eigenvalue weighted by molar-refractivity contribution is 0.0945. The Labute approximate surface area is 150 Å². The number of hydrogen-bond acceptors (Lipinski definition) is 5. The highest BCUT2D eigenvalue weighted by molar-refractivity contribution is 6.31. The van der Waals surface area contributed by atoms with Crippen LogP contribution in [0.25, 0.3) is 0 Å². The van der Waals surface area contributed by atoms with E-state index in [0.29, 0.717) is 17.4 Å². The fourth-order valence-electron chi connectivity index (χ4n) is 2.17. The zero-order valence-corrected chi connectivity index (χ0v) is 14.3. The van der Waals surface area contributed by atoms with Crippen LogP contribution in [0.1, 0.15) is 21.6 Å². The van der Waals surface area contributed by atoms with E-state index in [9.17, 15) is 4.79 Å². The lowest BCUT2D eigenvalue weighted by atomic mass is 10.2. The van der Waals surface area contributed by atoms with Gasteiger partial charge in [0.1, 0.15) is 0 Å². The Kier molecular flexibility index (Phi) is 5.20. The summed E-state index contributed by atoms with van der Waals surface area (Å²) in [5.41, 5.74) is 2.98. The molecule has 2 aromatic heterocycles. The molecule has 0 aliphatic heterocycles. The van der Waals surface area contributed by atoms with E-state index in [1.54, 1.807) is 24.5 Å². The third-order valence-corrected chi connectivity index (χ3v) is 4.04. The number of hydrogen-bond donors (Lipinski definition) is 2. The quantitative estimate of drug-likeness (QED) is 0.733. The van der Waals surface area contributed by atoms with Crippen molar-refractivity contribution in [3.63, 3.8) is 0 Å². The van der Waals surface area contributed by atoms with Crippen LogP contribution in [-0.4, -0.2) is 21.1 Å². The van der Waals surface area contributed by atoms with E-state index in [1.807, 2.05) is 37.3 Å². The number of halogens is 1. The fraction of sp³-hybridized carbons (Fsp3) is 0.111. The number of benzene rings is 1. The number of pyridine rings is 1. The standard InChI is InChI=1S/C18H16ClN5O/c1-12-14(19)3-2-4-15(12)22-17-6-5-16(23-24-17)18(25)21-11-13-7-9-20-10-8-13/h2-10H,11H2,1H3,(H,21,25)(H,22,24). The molecular formula is C18H16ClN5O. The number of carbonyl (C=O) groups excluding carboxylic acids is 1. The Morgan fingerprint density at radius 1 is 1.08 bits per heavy atom. The monoisotopic (exact) mass is 353 g/mol. The number of aromatic nitrogens is 3. The van der Waals surface area contributed by atoms with Crippen LogP contribution in [0.4, 0.5) is 11.5 Å². The van der Waals surface area contributed by atoms with Gasteiger partial charge in [-0.05, 0) is 54.4 Å². The van der Waals surface area contributed by atoms with E-state index in [4.69, 9.17) is 11.6 Å². The SMILES string of the molecule is Cc1c(Cl)cccc1Nc1ccc(C(=O)NCc2ccncc2)nn1. The maximum absolute atomic E-state index is 12.1. The van der Waals surface area contributed by atoms with Gasteiger partial charge in [-0.3, -0.25) is 9.78 Å². The van der Waals surface area contributed by atoms with Gasteiger partial charge in [0, 0.05) is 29.6 Å². The van der Waals surface area contributed by atoms with E-state index < -0.39 is 0 Å². The second-order valence-corrected chi connectivity index (χ2v) is 5.79. The highest BCUT2D eigenvalue weighted by Gasteiger charge is 2.09. The third kappa shape index (κ3) is 4.30. The van der Waals surface area contributed by atoms with Gasteiger partial charge < -0.3 is 10.6 Å². The van der Waals surface area contributed by atoms with Crippen molar-refractivity contribution in [1.29, 1.82) is 0 Å². The second kappa shape index (κ2) is 7.72. The minimum absolute atomic E-state index is 0.252. The van der Waals surface area contributed by atoms with Crippen molar-refractivity contribution in [2.45, 2.75) is 13.5 Å². The molecule has 0 aliphatic carbocycles. The molecule has 7 heteroatoms. The first-order valence-corrected chi connectivity index (χ1v) is 8.04. The van der Waals surface area contributed by atoms with Gasteiger partial charge >= 0.3 is 0 Å². The van der Waals surface area contributed by atoms with Gasteiger partial charge in [0.25, 0.3) is 5.91 Å². The van der Waals surface area contributed by atoms with Crippen molar-refractivity contribution in [3.05, 3.63) is 76.7 Å². The van der Waals surface area contributed by atoms with E-state index in [1.165, 1.54) is 0 Å². The topological polar surface area (TPSA) is 79.8 Å². The summed E-state index contributed by atoms with van der Waals surface area (Å²) in [6, 6.07) is 12.6. The molecule has 2 heterocycles. The second-order valence-electron chi connectivity index (χ2n) is 5.38. The molecule has 0 spiro atoms. The van der Waals surface area contributed by atoms with Gasteiger partial charge in [0.2, 0.25) is 0 Å². The molecule has 3 aromatic rings. The molecule has 0 unspecified atom stereocenters. The maximum Gasteiger partial charge on any atom is 0.272 e. The predicted octanol–water partition coefficient (Wildman–Crippen LogP) is 3.51. The Balaban J connectivity index is 1.63. The molecule has 0 aliphatic rings. The summed E-state index contributed by atoms with van der Waals surface area (Å²) >= 11 is 6.10. The smallest absolute Gasteiger partial charge is 0.272 e. The Morgan fingerprint density at radius 3 is 2.60 bits per heavy atom. The van der Waals surface area contributed by atoms with Crippen molar-refractivity contribution in [1.82, 2.24) is 20.5 Å². The van der Waals surface area contributed by atoms with E-state index >= 15 is 0 Å². The molecular weight excluding hydrogens is 338 g/mol.